The maximum Gasteiger partial charge on any atom is 0.275 e. The third kappa shape index (κ3) is 3.22. The Labute approximate surface area is 157 Å². The summed E-state index contributed by atoms with van der Waals surface area (Å²) in [7, 11) is 0. The second kappa shape index (κ2) is 7.13. The number of nitrogens with two attached hydrogens (primary N) is 1. The zero-order valence-corrected chi connectivity index (χ0v) is 15.3. The third-order valence-electron chi connectivity index (χ3n) is 5.95. The van der Waals surface area contributed by atoms with E-state index in [0.29, 0.717) is 16.7 Å². The summed E-state index contributed by atoms with van der Waals surface area (Å²) in [6.45, 7) is 0.568. The summed E-state index contributed by atoms with van der Waals surface area (Å²) in [4.78, 5) is 39.5. The standard InChI is InChI=1S/C20H24N4O3/c21-19(26)18-14-8-2-3-9-15(14)20(27)24(22-18)12-17(25)23-11-5-7-13-6-1-4-10-16(13)23/h2-3,8-9,13,16H,1,4-7,10-12H2,(H2,21,26). The monoisotopic (exact) mass is 368 g/mol. The third-order valence-corrected chi connectivity index (χ3v) is 5.95. The fourth-order valence-corrected chi connectivity index (χ4v) is 4.68. The number of primary amides is 1. The SMILES string of the molecule is NC(=O)c1nn(CC(=O)N2CCCC3CCCCC32)c(=O)c2ccccc12. The van der Waals surface area contributed by atoms with Crippen molar-refractivity contribution in [3.8, 4) is 0 Å². The first kappa shape index (κ1) is 17.7. The Balaban J connectivity index is 1.67. The molecule has 1 aromatic heterocycles. The molecule has 2 heterocycles. The Bertz CT molecular complexity index is 950. The minimum Gasteiger partial charge on any atom is -0.364 e. The molecule has 2 atom stereocenters. The van der Waals surface area contributed by atoms with E-state index in [1.165, 1.54) is 19.3 Å². The summed E-state index contributed by atoms with van der Waals surface area (Å²) >= 11 is 0. The van der Waals surface area contributed by atoms with Gasteiger partial charge < -0.3 is 10.6 Å². The zero-order chi connectivity index (χ0) is 19.0. The molecule has 0 spiro atoms. The van der Waals surface area contributed by atoms with Gasteiger partial charge in [0.2, 0.25) is 5.91 Å². The van der Waals surface area contributed by atoms with Gasteiger partial charge in [-0.15, -0.1) is 0 Å². The predicted octanol–water partition coefficient (Wildman–Crippen LogP) is 1.68. The lowest BCUT2D eigenvalue weighted by Crippen LogP contribution is -2.51. The van der Waals surface area contributed by atoms with Crippen LogP contribution >= 0.6 is 0 Å². The number of benzene rings is 1. The second-order valence-corrected chi connectivity index (χ2v) is 7.56. The van der Waals surface area contributed by atoms with E-state index in [9.17, 15) is 14.4 Å². The molecule has 0 radical (unpaired) electrons. The molecule has 2 aromatic rings. The van der Waals surface area contributed by atoms with E-state index < -0.39 is 5.91 Å². The van der Waals surface area contributed by atoms with Gasteiger partial charge in [-0.2, -0.15) is 5.10 Å². The van der Waals surface area contributed by atoms with Crippen LogP contribution in [0.15, 0.2) is 29.1 Å². The van der Waals surface area contributed by atoms with Crippen LogP contribution in [0.5, 0.6) is 0 Å². The Morgan fingerprint density at radius 1 is 1.07 bits per heavy atom. The number of fused-ring (bicyclic) bond motifs is 2. The molecule has 2 N–H and O–H groups in total. The fourth-order valence-electron chi connectivity index (χ4n) is 4.68. The molecular weight excluding hydrogens is 344 g/mol. The first-order valence-electron chi connectivity index (χ1n) is 9.65. The molecule has 1 aliphatic heterocycles. The van der Waals surface area contributed by atoms with Crippen molar-refractivity contribution in [2.45, 2.75) is 51.1 Å². The summed E-state index contributed by atoms with van der Waals surface area (Å²) in [6.07, 6.45) is 6.76. The van der Waals surface area contributed by atoms with Crippen LogP contribution in [0.3, 0.4) is 0 Å². The minimum absolute atomic E-state index is 0.0205. The molecular formula is C20H24N4O3. The van der Waals surface area contributed by atoms with Gasteiger partial charge in [-0.05, 0) is 37.7 Å². The molecule has 2 unspecified atom stereocenters. The van der Waals surface area contributed by atoms with Gasteiger partial charge in [-0.25, -0.2) is 4.68 Å². The first-order chi connectivity index (χ1) is 13.1. The highest BCUT2D eigenvalue weighted by molar-refractivity contribution is 6.04. The van der Waals surface area contributed by atoms with Gasteiger partial charge in [0, 0.05) is 18.0 Å². The Morgan fingerprint density at radius 3 is 2.56 bits per heavy atom. The van der Waals surface area contributed by atoms with E-state index in [-0.39, 0.29) is 29.7 Å². The van der Waals surface area contributed by atoms with Crippen molar-refractivity contribution < 1.29 is 9.59 Å². The van der Waals surface area contributed by atoms with Gasteiger partial charge >= 0.3 is 0 Å². The highest BCUT2D eigenvalue weighted by atomic mass is 16.2. The average molecular weight is 368 g/mol. The predicted molar refractivity (Wildman–Crippen MR) is 101 cm³/mol. The van der Waals surface area contributed by atoms with Crippen LogP contribution in [0.2, 0.25) is 0 Å². The normalized spacial score (nSPS) is 22.4. The number of likely N-dealkylation sites (tertiary alicyclic amines) is 1. The van der Waals surface area contributed by atoms with Gasteiger partial charge in [0.15, 0.2) is 5.69 Å². The van der Waals surface area contributed by atoms with Gasteiger partial charge in [0.1, 0.15) is 6.54 Å². The van der Waals surface area contributed by atoms with Crippen molar-refractivity contribution in [2.75, 3.05) is 6.54 Å². The van der Waals surface area contributed by atoms with Crippen molar-refractivity contribution in [2.24, 2.45) is 11.7 Å². The molecule has 1 saturated carbocycles. The molecule has 1 aliphatic carbocycles. The summed E-state index contributed by atoms with van der Waals surface area (Å²) in [6, 6.07) is 6.99. The average Bonchev–Trinajstić information content (AvgIpc) is 2.69. The summed E-state index contributed by atoms with van der Waals surface area (Å²) in [5, 5.41) is 4.89. The number of nitrogens with zero attached hydrogens (tertiary/aromatic N) is 3. The summed E-state index contributed by atoms with van der Waals surface area (Å²) < 4.78 is 1.09. The fraction of sp³-hybridized carbons (Fsp3) is 0.500. The van der Waals surface area contributed by atoms with E-state index in [2.05, 4.69) is 5.10 Å². The van der Waals surface area contributed by atoms with Crippen LogP contribution in [0.4, 0.5) is 0 Å². The molecule has 27 heavy (non-hydrogen) atoms. The number of amides is 2. The van der Waals surface area contributed by atoms with E-state index in [1.54, 1.807) is 24.3 Å². The molecule has 2 fully saturated rings. The Morgan fingerprint density at radius 2 is 1.78 bits per heavy atom. The topological polar surface area (TPSA) is 98.3 Å². The van der Waals surface area contributed by atoms with E-state index in [4.69, 9.17) is 5.73 Å². The minimum atomic E-state index is -0.710. The maximum absolute atomic E-state index is 13.0. The number of carbonyl (C=O) groups excluding carboxylic acids is 2. The molecule has 0 bridgehead atoms. The number of carbonyl (C=O) groups is 2. The van der Waals surface area contributed by atoms with Crippen LogP contribution < -0.4 is 11.3 Å². The quantitative estimate of drug-likeness (QED) is 0.891. The van der Waals surface area contributed by atoms with Crippen LogP contribution in [0.1, 0.15) is 49.0 Å². The molecule has 1 aromatic carbocycles. The lowest BCUT2D eigenvalue weighted by atomic mass is 9.78. The zero-order valence-electron chi connectivity index (χ0n) is 15.3. The van der Waals surface area contributed by atoms with Gasteiger partial charge in [-0.1, -0.05) is 31.0 Å². The number of hydrogen-bond donors (Lipinski definition) is 1. The van der Waals surface area contributed by atoms with Crippen LogP contribution in [-0.4, -0.2) is 39.1 Å². The number of hydrogen-bond acceptors (Lipinski definition) is 4. The molecule has 1 saturated heterocycles. The van der Waals surface area contributed by atoms with E-state index in [1.807, 2.05) is 4.90 Å². The summed E-state index contributed by atoms with van der Waals surface area (Å²) in [5.74, 6) is -0.247. The number of aromatic nitrogens is 2. The van der Waals surface area contributed by atoms with E-state index >= 15 is 0 Å². The van der Waals surface area contributed by atoms with Gasteiger partial charge in [0.25, 0.3) is 11.5 Å². The molecule has 2 aliphatic rings. The summed E-state index contributed by atoms with van der Waals surface area (Å²) in [5.41, 5.74) is 5.09. The lowest BCUT2D eigenvalue weighted by molar-refractivity contribution is -0.138. The molecule has 142 valence electrons. The molecule has 2 amide bonds. The number of piperidine rings is 1. The van der Waals surface area contributed by atoms with Crippen LogP contribution in [0.25, 0.3) is 10.8 Å². The highest BCUT2D eigenvalue weighted by Gasteiger charge is 2.35. The molecule has 7 nitrogen and oxygen atoms in total. The van der Waals surface area contributed by atoms with Gasteiger partial charge in [-0.3, -0.25) is 14.4 Å². The number of rotatable bonds is 3. The smallest absolute Gasteiger partial charge is 0.275 e. The van der Waals surface area contributed by atoms with Crippen molar-refractivity contribution in [1.82, 2.24) is 14.7 Å². The van der Waals surface area contributed by atoms with Crippen LogP contribution in [-0.2, 0) is 11.3 Å². The van der Waals surface area contributed by atoms with Crippen molar-refractivity contribution >= 4 is 22.6 Å². The Kier molecular flexibility index (Phi) is 4.68. The van der Waals surface area contributed by atoms with Crippen molar-refractivity contribution in [3.05, 3.63) is 40.3 Å². The van der Waals surface area contributed by atoms with Crippen molar-refractivity contribution in [3.63, 3.8) is 0 Å². The largest absolute Gasteiger partial charge is 0.364 e. The first-order valence-corrected chi connectivity index (χ1v) is 9.65. The maximum atomic E-state index is 13.0. The van der Waals surface area contributed by atoms with E-state index in [0.717, 1.165) is 30.5 Å². The lowest BCUT2D eigenvalue weighted by Gasteiger charge is -2.44. The Hall–Kier alpha value is -2.70. The molecule has 7 heteroatoms. The second-order valence-electron chi connectivity index (χ2n) is 7.56. The van der Waals surface area contributed by atoms with Crippen molar-refractivity contribution in [1.29, 1.82) is 0 Å². The molecule has 4 rings (SSSR count). The van der Waals surface area contributed by atoms with Gasteiger partial charge in [0.05, 0.1) is 5.39 Å². The highest BCUT2D eigenvalue weighted by Crippen LogP contribution is 2.35. The van der Waals surface area contributed by atoms with Crippen LogP contribution in [0, 0.1) is 5.92 Å².